The van der Waals surface area contributed by atoms with Crippen molar-refractivity contribution in [1.29, 1.82) is 0 Å². The average Bonchev–Trinajstić information content (AvgIpc) is 2.28. The molecule has 2 aliphatic carbocycles. The van der Waals surface area contributed by atoms with Gasteiger partial charge in [-0.3, -0.25) is 0 Å². The maximum atomic E-state index is 12.5. The van der Waals surface area contributed by atoms with Gasteiger partial charge in [0.15, 0.2) is 0 Å². The van der Waals surface area contributed by atoms with Gasteiger partial charge in [0, 0.05) is 12.6 Å². The van der Waals surface area contributed by atoms with Crippen LogP contribution in [0.1, 0.15) is 58.3 Å². The van der Waals surface area contributed by atoms with Crippen molar-refractivity contribution in [2.24, 2.45) is 11.3 Å². The van der Waals surface area contributed by atoms with Crippen LogP contribution in [0.2, 0.25) is 0 Å². The maximum absolute atomic E-state index is 12.5. The molecule has 4 heteroatoms. The van der Waals surface area contributed by atoms with Crippen molar-refractivity contribution in [1.82, 2.24) is 5.32 Å². The Morgan fingerprint density at radius 3 is 2.11 bits per heavy atom. The van der Waals surface area contributed by atoms with Crippen molar-refractivity contribution in [3.8, 4) is 0 Å². The molecule has 1 nitrogen and oxygen atoms in total. The lowest BCUT2D eigenvalue weighted by Crippen LogP contribution is -2.45. The van der Waals surface area contributed by atoms with E-state index in [1.165, 1.54) is 25.7 Å². The second-order valence-electron chi connectivity index (χ2n) is 6.18. The molecule has 2 saturated carbocycles. The smallest absolute Gasteiger partial charge is 0.313 e. The molecule has 0 unspecified atom stereocenters. The zero-order chi connectivity index (χ0) is 13.2. The zero-order valence-corrected chi connectivity index (χ0v) is 11.2. The summed E-state index contributed by atoms with van der Waals surface area (Å²) in [5, 5.41) is 3.52. The summed E-state index contributed by atoms with van der Waals surface area (Å²) in [6.45, 7) is 3.23. The van der Waals surface area contributed by atoms with Crippen LogP contribution >= 0.6 is 0 Å². The lowest BCUT2D eigenvalue weighted by Gasteiger charge is -2.43. The van der Waals surface area contributed by atoms with Crippen molar-refractivity contribution in [2.75, 3.05) is 6.54 Å². The van der Waals surface area contributed by atoms with E-state index in [0.717, 1.165) is 6.54 Å². The van der Waals surface area contributed by atoms with Gasteiger partial charge in [-0.15, -0.1) is 0 Å². The summed E-state index contributed by atoms with van der Waals surface area (Å²) >= 11 is 0. The van der Waals surface area contributed by atoms with E-state index in [1.54, 1.807) is 0 Å². The molecule has 0 bridgehead atoms. The van der Waals surface area contributed by atoms with E-state index >= 15 is 0 Å². The van der Waals surface area contributed by atoms with Gasteiger partial charge in [0.25, 0.3) is 0 Å². The quantitative estimate of drug-likeness (QED) is 0.798. The van der Waals surface area contributed by atoms with E-state index in [2.05, 4.69) is 12.2 Å². The van der Waals surface area contributed by atoms with Crippen LogP contribution in [0.4, 0.5) is 13.2 Å². The summed E-state index contributed by atoms with van der Waals surface area (Å²) in [5.41, 5.74) is 0.459. The predicted octanol–water partition coefficient (Wildman–Crippen LogP) is 4.28. The Hall–Kier alpha value is -0.250. The molecule has 0 aromatic heterocycles. The van der Waals surface area contributed by atoms with Gasteiger partial charge >= 0.3 is 6.18 Å². The average molecular weight is 263 g/mol. The molecule has 106 valence electrons. The third-order valence-electron chi connectivity index (χ3n) is 5.12. The standard InChI is InChI=1S/C14H24F3N/c1-2-13(8-3-9-13)10-18-12-6-4-11(5-7-12)14(15,16)17/h11-12,18H,2-10H2,1H3. The van der Waals surface area contributed by atoms with Crippen molar-refractivity contribution in [3.63, 3.8) is 0 Å². The van der Waals surface area contributed by atoms with Crippen LogP contribution in [0.25, 0.3) is 0 Å². The van der Waals surface area contributed by atoms with Crippen LogP contribution in [-0.4, -0.2) is 18.8 Å². The number of hydrogen-bond acceptors (Lipinski definition) is 1. The summed E-state index contributed by atoms with van der Waals surface area (Å²) in [7, 11) is 0. The Kier molecular flexibility index (Phi) is 4.25. The Bertz CT molecular complexity index is 257. The fraction of sp³-hybridized carbons (Fsp3) is 1.00. The van der Waals surface area contributed by atoms with Crippen molar-refractivity contribution in [2.45, 2.75) is 70.5 Å². The Morgan fingerprint density at radius 2 is 1.72 bits per heavy atom. The summed E-state index contributed by atoms with van der Waals surface area (Å²) in [5.74, 6) is -1.06. The van der Waals surface area contributed by atoms with Gasteiger partial charge in [-0.05, 0) is 50.4 Å². The van der Waals surface area contributed by atoms with Gasteiger partial charge in [-0.1, -0.05) is 13.3 Å². The third-order valence-corrected chi connectivity index (χ3v) is 5.12. The highest BCUT2D eigenvalue weighted by Crippen LogP contribution is 2.43. The molecule has 0 saturated heterocycles. The molecule has 2 aliphatic rings. The lowest BCUT2D eigenvalue weighted by atomic mass is 9.67. The lowest BCUT2D eigenvalue weighted by molar-refractivity contribution is -0.182. The molecule has 2 fully saturated rings. The molecule has 0 radical (unpaired) electrons. The van der Waals surface area contributed by atoms with Gasteiger partial charge in [0.05, 0.1) is 5.92 Å². The first kappa shape index (κ1) is 14.2. The summed E-state index contributed by atoms with van der Waals surface area (Å²) < 4.78 is 37.6. The normalized spacial score (nSPS) is 32.0. The van der Waals surface area contributed by atoms with Crippen LogP contribution < -0.4 is 5.32 Å². The Labute approximate surface area is 108 Å². The van der Waals surface area contributed by atoms with Gasteiger partial charge < -0.3 is 5.32 Å². The molecular weight excluding hydrogens is 239 g/mol. The SMILES string of the molecule is CCC1(CNC2CCC(C(F)(F)F)CC2)CCC1. The monoisotopic (exact) mass is 263 g/mol. The Morgan fingerprint density at radius 1 is 1.11 bits per heavy atom. The zero-order valence-electron chi connectivity index (χ0n) is 11.2. The van der Waals surface area contributed by atoms with Crippen molar-refractivity contribution in [3.05, 3.63) is 0 Å². The van der Waals surface area contributed by atoms with Crippen LogP contribution in [-0.2, 0) is 0 Å². The van der Waals surface area contributed by atoms with Gasteiger partial charge in [0.1, 0.15) is 0 Å². The molecule has 18 heavy (non-hydrogen) atoms. The predicted molar refractivity (Wildman–Crippen MR) is 66.4 cm³/mol. The number of rotatable bonds is 4. The Balaban J connectivity index is 1.71. The number of halogens is 3. The van der Waals surface area contributed by atoms with Crippen LogP contribution in [0.15, 0.2) is 0 Å². The van der Waals surface area contributed by atoms with Crippen molar-refractivity contribution < 1.29 is 13.2 Å². The molecular formula is C14H24F3N. The van der Waals surface area contributed by atoms with E-state index in [1.807, 2.05) is 0 Å². The fourth-order valence-electron chi connectivity index (χ4n) is 3.32. The molecule has 0 spiro atoms. The van der Waals surface area contributed by atoms with Gasteiger partial charge in [0.2, 0.25) is 0 Å². The number of hydrogen-bond donors (Lipinski definition) is 1. The summed E-state index contributed by atoms with van der Waals surface area (Å²) in [6, 6.07) is 0.313. The van der Waals surface area contributed by atoms with Gasteiger partial charge in [-0.2, -0.15) is 13.2 Å². The van der Waals surface area contributed by atoms with Crippen LogP contribution in [0.5, 0.6) is 0 Å². The fourth-order valence-corrected chi connectivity index (χ4v) is 3.32. The van der Waals surface area contributed by atoms with E-state index < -0.39 is 12.1 Å². The molecule has 0 aliphatic heterocycles. The highest BCUT2D eigenvalue weighted by molar-refractivity contribution is 4.90. The minimum atomic E-state index is -3.98. The van der Waals surface area contributed by atoms with E-state index in [0.29, 0.717) is 37.1 Å². The van der Waals surface area contributed by atoms with Crippen LogP contribution in [0.3, 0.4) is 0 Å². The summed E-state index contributed by atoms with van der Waals surface area (Å²) in [4.78, 5) is 0. The highest BCUT2D eigenvalue weighted by Gasteiger charge is 2.42. The molecule has 0 amide bonds. The molecule has 0 aromatic carbocycles. The topological polar surface area (TPSA) is 12.0 Å². The van der Waals surface area contributed by atoms with E-state index in [-0.39, 0.29) is 0 Å². The van der Waals surface area contributed by atoms with E-state index in [9.17, 15) is 13.2 Å². The number of alkyl halides is 3. The third kappa shape index (κ3) is 3.19. The second kappa shape index (κ2) is 5.40. The largest absolute Gasteiger partial charge is 0.391 e. The minimum Gasteiger partial charge on any atom is -0.313 e. The molecule has 2 rings (SSSR count). The summed E-state index contributed by atoms with van der Waals surface area (Å²) in [6.07, 6.45) is 3.08. The maximum Gasteiger partial charge on any atom is 0.391 e. The first-order valence-electron chi connectivity index (χ1n) is 7.25. The molecule has 1 N–H and O–H groups in total. The second-order valence-corrected chi connectivity index (χ2v) is 6.18. The highest BCUT2D eigenvalue weighted by atomic mass is 19.4. The van der Waals surface area contributed by atoms with Gasteiger partial charge in [-0.25, -0.2) is 0 Å². The first-order chi connectivity index (χ1) is 8.45. The van der Waals surface area contributed by atoms with Crippen molar-refractivity contribution >= 4 is 0 Å². The van der Waals surface area contributed by atoms with Crippen LogP contribution in [0, 0.1) is 11.3 Å². The minimum absolute atomic E-state index is 0.306. The molecule has 0 aromatic rings. The van der Waals surface area contributed by atoms with E-state index in [4.69, 9.17) is 0 Å². The molecule has 0 atom stereocenters. The molecule has 0 heterocycles. The first-order valence-corrected chi connectivity index (χ1v) is 7.25. The number of nitrogens with one attached hydrogen (secondary N) is 1.